The fraction of sp³-hybridized carbons (Fsp3) is 0.438. The fourth-order valence-corrected chi connectivity index (χ4v) is 2.69. The fourth-order valence-electron chi connectivity index (χ4n) is 2.14. The van der Waals surface area contributed by atoms with Gasteiger partial charge in [-0.15, -0.1) is 0 Å². The summed E-state index contributed by atoms with van der Waals surface area (Å²) in [6, 6.07) is 8.94. The van der Waals surface area contributed by atoms with Crippen LogP contribution in [-0.4, -0.2) is 9.55 Å². The van der Waals surface area contributed by atoms with Gasteiger partial charge in [-0.1, -0.05) is 38.1 Å². The summed E-state index contributed by atoms with van der Waals surface area (Å²) in [5.74, 6) is 1.65. The van der Waals surface area contributed by atoms with Crippen LogP contribution in [-0.2, 0) is 19.9 Å². The number of benzene rings is 1. The maximum Gasteiger partial charge on any atom is 0.108 e. The van der Waals surface area contributed by atoms with Crippen LogP contribution in [0.2, 0.25) is 0 Å². The first kappa shape index (κ1) is 14.3. The van der Waals surface area contributed by atoms with Gasteiger partial charge >= 0.3 is 0 Å². The lowest BCUT2D eigenvalue weighted by Crippen LogP contribution is -1.95. The first-order valence-electron chi connectivity index (χ1n) is 6.75. The lowest BCUT2D eigenvalue weighted by molar-refractivity contribution is 0.838. The van der Waals surface area contributed by atoms with Gasteiger partial charge < -0.3 is 4.57 Å². The van der Waals surface area contributed by atoms with E-state index in [4.69, 9.17) is 0 Å². The second-order valence-electron chi connectivity index (χ2n) is 5.35. The lowest BCUT2D eigenvalue weighted by atomic mass is 10.00. The third kappa shape index (κ3) is 3.27. The lowest BCUT2D eigenvalue weighted by Gasteiger charge is -2.06. The van der Waals surface area contributed by atoms with Crippen molar-refractivity contribution in [3.63, 3.8) is 0 Å². The van der Waals surface area contributed by atoms with E-state index in [2.05, 4.69) is 63.6 Å². The summed E-state index contributed by atoms with van der Waals surface area (Å²) in [6.07, 6.45) is 2.01. The maximum atomic E-state index is 4.59. The zero-order valence-corrected chi connectivity index (χ0v) is 13.7. The van der Waals surface area contributed by atoms with Crippen LogP contribution in [0, 0.1) is 6.92 Å². The van der Waals surface area contributed by atoms with Crippen LogP contribution in [0.25, 0.3) is 0 Å². The summed E-state index contributed by atoms with van der Waals surface area (Å²) in [4.78, 5) is 4.59. The van der Waals surface area contributed by atoms with Gasteiger partial charge in [-0.25, -0.2) is 4.98 Å². The minimum Gasteiger partial charge on any atom is -0.326 e. The van der Waals surface area contributed by atoms with Gasteiger partial charge in [-0.05, 0) is 52.7 Å². The van der Waals surface area contributed by atoms with Crippen molar-refractivity contribution in [2.45, 2.75) is 39.5 Å². The first-order chi connectivity index (χ1) is 8.99. The van der Waals surface area contributed by atoms with E-state index in [1.54, 1.807) is 0 Å². The summed E-state index contributed by atoms with van der Waals surface area (Å²) in [6.45, 7) is 6.48. The van der Waals surface area contributed by atoms with Crippen molar-refractivity contribution in [1.29, 1.82) is 0 Å². The molecule has 0 spiro atoms. The molecule has 0 aliphatic carbocycles. The Kier molecular flexibility index (Phi) is 4.46. The Balaban J connectivity index is 2.04. The molecule has 0 N–H and O–H groups in total. The van der Waals surface area contributed by atoms with Crippen LogP contribution >= 0.6 is 15.9 Å². The van der Waals surface area contributed by atoms with E-state index >= 15 is 0 Å². The molecule has 0 aliphatic rings. The van der Waals surface area contributed by atoms with Crippen molar-refractivity contribution in [2.24, 2.45) is 7.05 Å². The number of aromatic nitrogens is 2. The van der Waals surface area contributed by atoms with E-state index in [1.807, 2.05) is 14.0 Å². The standard InChI is InChI=1S/C16H21BrN2/c1-11(2)14-8-5-13(6-9-14)7-10-15-16(17)19(4)12(3)18-15/h5-6,8-9,11H,7,10H2,1-4H3. The summed E-state index contributed by atoms with van der Waals surface area (Å²) < 4.78 is 3.18. The maximum absolute atomic E-state index is 4.59. The SMILES string of the molecule is Cc1nc(CCc2ccc(C(C)C)cc2)c(Br)n1C. The number of nitrogens with zero attached hydrogens (tertiary/aromatic N) is 2. The number of rotatable bonds is 4. The number of aryl methyl sites for hydroxylation is 3. The molecule has 0 bridgehead atoms. The Hall–Kier alpha value is -1.09. The van der Waals surface area contributed by atoms with E-state index in [0.717, 1.165) is 29.0 Å². The van der Waals surface area contributed by atoms with Crippen molar-refractivity contribution >= 4 is 15.9 Å². The van der Waals surface area contributed by atoms with E-state index in [-0.39, 0.29) is 0 Å². The van der Waals surface area contributed by atoms with Crippen LogP contribution < -0.4 is 0 Å². The largest absolute Gasteiger partial charge is 0.326 e. The Morgan fingerprint density at radius 3 is 2.26 bits per heavy atom. The minimum absolute atomic E-state index is 0.599. The summed E-state index contributed by atoms with van der Waals surface area (Å²) >= 11 is 3.61. The van der Waals surface area contributed by atoms with Gasteiger partial charge in [-0.3, -0.25) is 0 Å². The molecule has 0 unspecified atom stereocenters. The number of hydrogen-bond acceptors (Lipinski definition) is 1. The Morgan fingerprint density at radius 2 is 1.79 bits per heavy atom. The number of imidazole rings is 1. The molecule has 0 radical (unpaired) electrons. The summed E-state index contributed by atoms with van der Waals surface area (Å²) in [7, 11) is 2.04. The quantitative estimate of drug-likeness (QED) is 0.816. The van der Waals surface area contributed by atoms with Gasteiger partial charge in [0, 0.05) is 7.05 Å². The normalized spacial score (nSPS) is 11.3. The molecule has 102 valence electrons. The van der Waals surface area contributed by atoms with E-state index in [9.17, 15) is 0 Å². The van der Waals surface area contributed by atoms with E-state index in [0.29, 0.717) is 5.92 Å². The highest BCUT2D eigenvalue weighted by molar-refractivity contribution is 9.10. The van der Waals surface area contributed by atoms with Crippen LogP contribution in [0.15, 0.2) is 28.9 Å². The molecule has 0 saturated heterocycles. The zero-order chi connectivity index (χ0) is 14.0. The predicted molar refractivity (Wildman–Crippen MR) is 83.6 cm³/mol. The highest BCUT2D eigenvalue weighted by Crippen LogP contribution is 2.20. The average molecular weight is 321 g/mol. The molecule has 0 atom stereocenters. The van der Waals surface area contributed by atoms with Crippen LogP contribution in [0.4, 0.5) is 0 Å². The smallest absolute Gasteiger partial charge is 0.108 e. The van der Waals surface area contributed by atoms with Crippen molar-refractivity contribution < 1.29 is 0 Å². The molecule has 0 fully saturated rings. The Bertz CT molecular complexity index is 553. The molecule has 0 saturated carbocycles. The molecular formula is C16H21BrN2. The number of halogens is 1. The van der Waals surface area contributed by atoms with Gasteiger partial charge in [0.1, 0.15) is 10.4 Å². The molecule has 0 amide bonds. The highest BCUT2D eigenvalue weighted by atomic mass is 79.9. The second kappa shape index (κ2) is 5.91. The monoisotopic (exact) mass is 320 g/mol. The Morgan fingerprint density at radius 1 is 1.16 bits per heavy atom. The molecule has 1 heterocycles. The third-order valence-electron chi connectivity index (χ3n) is 3.61. The molecule has 19 heavy (non-hydrogen) atoms. The van der Waals surface area contributed by atoms with Crippen molar-refractivity contribution in [3.8, 4) is 0 Å². The molecule has 3 heteroatoms. The number of hydrogen-bond donors (Lipinski definition) is 0. The Labute approximate surface area is 124 Å². The van der Waals surface area contributed by atoms with Gasteiger partial charge in [0.25, 0.3) is 0 Å². The predicted octanol–water partition coefficient (Wildman–Crippen LogP) is 4.40. The molecule has 2 rings (SSSR count). The van der Waals surface area contributed by atoms with Gasteiger partial charge in [0.05, 0.1) is 5.69 Å². The molecule has 1 aromatic carbocycles. The highest BCUT2D eigenvalue weighted by Gasteiger charge is 2.09. The minimum atomic E-state index is 0.599. The van der Waals surface area contributed by atoms with E-state index < -0.39 is 0 Å². The average Bonchev–Trinajstić information content (AvgIpc) is 2.64. The van der Waals surface area contributed by atoms with Gasteiger partial charge in [0.2, 0.25) is 0 Å². The molecular weight excluding hydrogens is 300 g/mol. The van der Waals surface area contributed by atoms with Crippen molar-refractivity contribution in [2.75, 3.05) is 0 Å². The van der Waals surface area contributed by atoms with E-state index in [1.165, 1.54) is 11.1 Å². The topological polar surface area (TPSA) is 17.8 Å². The van der Waals surface area contributed by atoms with Gasteiger partial charge in [-0.2, -0.15) is 0 Å². The molecule has 0 aliphatic heterocycles. The molecule has 2 aromatic rings. The van der Waals surface area contributed by atoms with Crippen molar-refractivity contribution in [3.05, 3.63) is 51.5 Å². The first-order valence-corrected chi connectivity index (χ1v) is 7.55. The zero-order valence-electron chi connectivity index (χ0n) is 12.1. The summed E-state index contributed by atoms with van der Waals surface area (Å²) in [5, 5.41) is 0. The van der Waals surface area contributed by atoms with Gasteiger partial charge in [0.15, 0.2) is 0 Å². The third-order valence-corrected chi connectivity index (χ3v) is 4.60. The van der Waals surface area contributed by atoms with Crippen LogP contribution in [0.5, 0.6) is 0 Å². The van der Waals surface area contributed by atoms with Crippen molar-refractivity contribution in [1.82, 2.24) is 9.55 Å². The summed E-state index contributed by atoms with van der Waals surface area (Å²) in [5.41, 5.74) is 3.92. The second-order valence-corrected chi connectivity index (χ2v) is 6.10. The molecule has 1 aromatic heterocycles. The van der Waals surface area contributed by atoms with Crippen LogP contribution in [0.3, 0.4) is 0 Å². The van der Waals surface area contributed by atoms with Crippen LogP contribution in [0.1, 0.15) is 42.4 Å². The molecule has 2 nitrogen and oxygen atoms in total.